The smallest absolute Gasteiger partial charge is 0.180 e. The summed E-state index contributed by atoms with van der Waals surface area (Å²) < 4.78 is 0. The van der Waals surface area contributed by atoms with E-state index in [-0.39, 0.29) is 5.78 Å². The molecule has 2 aromatic carbocycles. The molecule has 0 saturated heterocycles. The average molecular weight is 448 g/mol. The van der Waals surface area contributed by atoms with Gasteiger partial charge in [0.05, 0.1) is 27.6 Å². The van der Waals surface area contributed by atoms with Crippen molar-refractivity contribution < 1.29 is 4.79 Å². The molecule has 0 bridgehead atoms. The van der Waals surface area contributed by atoms with Crippen LogP contribution in [0.25, 0.3) is 11.3 Å². The van der Waals surface area contributed by atoms with Gasteiger partial charge in [-0.25, -0.2) is 9.98 Å². The van der Waals surface area contributed by atoms with Crippen LogP contribution in [0.5, 0.6) is 0 Å². The quantitative estimate of drug-likeness (QED) is 0.226. The number of nitrogens with zero attached hydrogens (tertiary/aromatic N) is 3. The van der Waals surface area contributed by atoms with Crippen LogP contribution in [0, 0.1) is 19.3 Å². The van der Waals surface area contributed by atoms with Gasteiger partial charge >= 0.3 is 0 Å². The van der Waals surface area contributed by atoms with Gasteiger partial charge in [0, 0.05) is 31.0 Å². The van der Waals surface area contributed by atoms with Gasteiger partial charge in [0.1, 0.15) is 0 Å². The summed E-state index contributed by atoms with van der Waals surface area (Å²) in [6.07, 6.45) is 2.58. The maximum atomic E-state index is 13.2. The highest BCUT2D eigenvalue weighted by atomic mass is 32.1. The molecule has 5 heteroatoms. The second-order valence-corrected chi connectivity index (χ2v) is 10.4. The summed E-state index contributed by atoms with van der Waals surface area (Å²) in [6, 6.07) is 14.3. The topological polar surface area (TPSA) is 45.6 Å². The van der Waals surface area contributed by atoms with Crippen molar-refractivity contribution in [2.45, 2.75) is 48.0 Å². The second-order valence-electron chi connectivity index (χ2n) is 9.29. The normalized spacial score (nSPS) is 11.8. The van der Waals surface area contributed by atoms with Crippen LogP contribution in [-0.2, 0) is 6.42 Å². The minimum absolute atomic E-state index is 0.137. The van der Waals surface area contributed by atoms with Crippen molar-refractivity contribution in [2.24, 2.45) is 10.4 Å². The number of Topliss-reactive ketones (excluding diaryl/α,β-unsaturated/α-hetero) is 1. The van der Waals surface area contributed by atoms with Crippen molar-refractivity contribution in [1.29, 1.82) is 0 Å². The Hall–Kier alpha value is -2.79. The van der Waals surface area contributed by atoms with E-state index in [1.54, 1.807) is 0 Å². The van der Waals surface area contributed by atoms with Gasteiger partial charge in [0.2, 0.25) is 0 Å². The zero-order valence-corrected chi connectivity index (χ0v) is 21.0. The first kappa shape index (κ1) is 23.9. The Kier molecular flexibility index (Phi) is 7.29. The van der Waals surface area contributed by atoms with Crippen LogP contribution < -0.4 is 0 Å². The minimum Gasteiger partial charge on any atom is -0.366 e. The van der Waals surface area contributed by atoms with Gasteiger partial charge in [0.25, 0.3) is 0 Å². The molecule has 0 unspecified atom stereocenters. The molecule has 0 spiro atoms. The Balaban J connectivity index is 1.97. The Labute approximate surface area is 196 Å². The lowest BCUT2D eigenvalue weighted by atomic mass is 9.89. The van der Waals surface area contributed by atoms with Crippen molar-refractivity contribution in [1.82, 2.24) is 9.88 Å². The zero-order chi connectivity index (χ0) is 23.5. The number of carbonyl (C=O) groups is 1. The molecule has 0 saturated carbocycles. The molecular formula is C27H33N3OS. The summed E-state index contributed by atoms with van der Waals surface area (Å²) in [6.45, 7) is 13.1. The largest absolute Gasteiger partial charge is 0.366 e. The number of aryl methyl sites for hydroxylation is 2. The number of ketones is 1. The van der Waals surface area contributed by atoms with Gasteiger partial charge in [-0.15, -0.1) is 11.3 Å². The summed E-state index contributed by atoms with van der Waals surface area (Å²) >= 11 is 1.52. The highest BCUT2D eigenvalue weighted by molar-refractivity contribution is 7.14. The monoisotopic (exact) mass is 447 g/mol. The Morgan fingerprint density at radius 2 is 1.81 bits per heavy atom. The van der Waals surface area contributed by atoms with Crippen molar-refractivity contribution in [3.05, 3.63) is 69.0 Å². The van der Waals surface area contributed by atoms with Crippen molar-refractivity contribution in [2.75, 3.05) is 13.6 Å². The maximum Gasteiger partial charge on any atom is 0.180 e. The molecule has 0 aliphatic carbocycles. The van der Waals surface area contributed by atoms with Crippen molar-refractivity contribution in [3.63, 3.8) is 0 Å². The molecule has 0 radical (unpaired) electrons. The minimum atomic E-state index is -0.453. The highest BCUT2D eigenvalue weighted by Crippen LogP contribution is 2.35. The average Bonchev–Trinajstić information content (AvgIpc) is 3.17. The first-order valence-corrected chi connectivity index (χ1v) is 11.9. The number of carbonyl (C=O) groups excluding carboxylic acids is 1. The van der Waals surface area contributed by atoms with Gasteiger partial charge in [-0.05, 0) is 43.5 Å². The number of aromatic nitrogens is 1. The molecule has 0 N–H and O–H groups in total. The predicted octanol–water partition coefficient (Wildman–Crippen LogP) is 6.86. The molecule has 0 aliphatic rings. The number of rotatable bonds is 7. The van der Waals surface area contributed by atoms with Crippen molar-refractivity contribution in [3.8, 4) is 11.3 Å². The first-order chi connectivity index (χ1) is 15.1. The molecule has 0 amide bonds. The SMILES string of the molecule is CCN(C)C=Nc1cc(C)c(Cc2nc(-c3ccccc3)c(C(=O)C(C)(C)C)s2)cc1C. The Morgan fingerprint density at radius 1 is 1.12 bits per heavy atom. The van der Waals surface area contributed by atoms with Crippen LogP contribution >= 0.6 is 11.3 Å². The van der Waals surface area contributed by atoms with Gasteiger partial charge < -0.3 is 4.90 Å². The summed E-state index contributed by atoms with van der Waals surface area (Å²) in [5, 5.41) is 0.959. The molecule has 32 heavy (non-hydrogen) atoms. The highest BCUT2D eigenvalue weighted by Gasteiger charge is 2.29. The Morgan fingerprint density at radius 3 is 2.44 bits per heavy atom. The molecule has 3 rings (SSSR count). The summed E-state index contributed by atoms with van der Waals surface area (Å²) in [4.78, 5) is 25.6. The lowest BCUT2D eigenvalue weighted by Crippen LogP contribution is -2.19. The number of aliphatic imine (C=N–C) groups is 1. The lowest BCUT2D eigenvalue weighted by Gasteiger charge is -2.15. The molecule has 0 aliphatic heterocycles. The van der Waals surface area contributed by atoms with E-state index in [0.29, 0.717) is 6.42 Å². The van der Waals surface area contributed by atoms with E-state index < -0.39 is 5.41 Å². The molecule has 0 atom stereocenters. The molecular weight excluding hydrogens is 414 g/mol. The van der Waals surface area contributed by atoms with Crippen LogP contribution in [0.1, 0.15) is 59.1 Å². The van der Waals surface area contributed by atoms with E-state index in [1.165, 1.54) is 22.5 Å². The van der Waals surface area contributed by atoms with Gasteiger partial charge in [-0.3, -0.25) is 4.79 Å². The molecule has 1 heterocycles. The molecule has 3 aromatic rings. The van der Waals surface area contributed by atoms with Gasteiger partial charge in [-0.1, -0.05) is 57.2 Å². The third-order valence-electron chi connectivity index (χ3n) is 5.50. The first-order valence-electron chi connectivity index (χ1n) is 11.0. The lowest BCUT2D eigenvalue weighted by molar-refractivity contribution is 0.0863. The van der Waals surface area contributed by atoms with Crippen LogP contribution in [-0.4, -0.2) is 35.6 Å². The van der Waals surface area contributed by atoms with Crippen LogP contribution in [0.15, 0.2) is 47.5 Å². The fourth-order valence-corrected chi connectivity index (χ4v) is 4.58. The third kappa shape index (κ3) is 5.52. The summed E-state index contributed by atoms with van der Waals surface area (Å²) in [5.41, 5.74) is 5.85. The maximum absolute atomic E-state index is 13.2. The summed E-state index contributed by atoms with van der Waals surface area (Å²) in [7, 11) is 2.02. The zero-order valence-electron chi connectivity index (χ0n) is 20.2. The van der Waals surface area contributed by atoms with E-state index in [2.05, 4.69) is 42.8 Å². The van der Waals surface area contributed by atoms with Crippen LogP contribution in [0.4, 0.5) is 5.69 Å². The van der Waals surface area contributed by atoms with Gasteiger partial charge in [0.15, 0.2) is 5.78 Å². The molecule has 4 nitrogen and oxygen atoms in total. The van der Waals surface area contributed by atoms with Crippen molar-refractivity contribution >= 4 is 29.1 Å². The molecule has 1 aromatic heterocycles. The fourth-order valence-electron chi connectivity index (χ4n) is 3.32. The third-order valence-corrected chi connectivity index (χ3v) is 6.55. The fraction of sp³-hybridized carbons (Fsp3) is 0.370. The van der Waals surface area contributed by atoms with E-state index >= 15 is 0 Å². The second kappa shape index (κ2) is 9.78. The van der Waals surface area contributed by atoms with E-state index in [9.17, 15) is 4.79 Å². The Bertz CT molecular complexity index is 1120. The molecule has 168 valence electrons. The van der Waals surface area contributed by atoms with E-state index in [4.69, 9.17) is 4.98 Å². The van der Waals surface area contributed by atoms with Crippen LogP contribution in [0.3, 0.4) is 0 Å². The van der Waals surface area contributed by atoms with E-state index in [1.807, 2.05) is 64.5 Å². The molecule has 0 fully saturated rings. The van der Waals surface area contributed by atoms with E-state index in [0.717, 1.165) is 38.9 Å². The number of benzene rings is 2. The standard InChI is InChI=1S/C27H33N3OS/c1-8-30(7)17-28-22-15-18(2)21(14-19(22)3)16-23-29-24(20-12-10-9-11-13-20)25(32-23)26(31)27(4,5)6/h9-15,17H,8,16H2,1-7H3. The number of hydrogen-bond acceptors (Lipinski definition) is 4. The summed E-state index contributed by atoms with van der Waals surface area (Å²) in [5.74, 6) is 0.137. The number of hydrogen-bond donors (Lipinski definition) is 0. The number of thiazole rings is 1. The predicted molar refractivity (Wildman–Crippen MR) is 137 cm³/mol. The van der Waals surface area contributed by atoms with Gasteiger partial charge in [-0.2, -0.15) is 0 Å². The van der Waals surface area contributed by atoms with Crippen LogP contribution in [0.2, 0.25) is 0 Å².